The number of primary amides is 1. The average molecular weight is 369 g/mol. The number of hydrogen-bond acceptors (Lipinski definition) is 4. The fourth-order valence-corrected chi connectivity index (χ4v) is 4.67. The highest BCUT2D eigenvalue weighted by Gasteiger charge is 2.24. The lowest BCUT2D eigenvalue weighted by molar-refractivity contribution is 0.100. The van der Waals surface area contributed by atoms with Gasteiger partial charge >= 0.3 is 0 Å². The van der Waals surface area contributed by atoms with Gasteiger partial charge < -0.3 is 10.7 Å². The summed E-state index contributed by atoms with van der Waals surface area (Å²) in [4.78, 5) is 15.3. The minimum absolute atomic E-state index is 0.414. The van der Waals surface area contributed by atoms with E-state index >= 15 is 0 Å². The van der Waals surface area contributed by atoms with Crippen LogP contribution in [0.2, 0.25) is 0 Å². The van der Waals surface area contributed by atoms with Gasteiger partial charge in [-0.05, 0) is 42.0 Å². The third-order valence-electron chi connectivity index (χ3n) is 5.12. The SMILES string of the molecule is CCSN1CCC(c2c[nH]c3c(C(N)=O)cc(-c4cn[nH]c4)cc23)CC1. The van der Waals surface area contributed by atoms with Gasteiger partial charge in [-0.2, -0.15) is 5.10 Å². The first-order chi connectivity index (χ1) is 12.7. The number of amides is 1. The quantitative estimate of drug-likeness (QED) is 0.600. The molecule has 0 spiro atoms. The first-order valence-corrected chi connectivity index (χ1v) is 9.93. The van der Waals surface area contributed by atoms with Crippen molar-refractivity contribution in [1.29, 1.82) is 0 Å². The summed E-state index contributed by atoms with van der Waals surface area (Å²) < 4.78 is 2.46. The predicted molar refractivity (Wildman–Crippen MR) is 106 cm³/mol. The molecule has 0 saturated carbocycles. The van der Waals surface area contributed by atoms with Gasteiger partial charge in [0.15, 0.2) is 0 Å². The van der Waals surface area contributed by atoms with Crippen molar-refractivity contribution < 1.29 is 4.79 Å². The number of carbonyl (C=O) groups is 1. The van der Waals surface area contributed by atoms with E-state index in [1.165, 1.54) is 5.56 Å². The number of aromatic amines is 2. The van der Waals surface area contributed by atoms with Gasteiger partial charge in [-0.1, -0.05) is 18.9 Å². The molecule has 26 heavy (non-hydrogen) atoms. The molecule has 0 aliphatic carbocycles. The number of nitrogens with zero attached hydrogens (tertiary/aromatic N) is 2. The molecule has 4 rings (SSSR count). The van der Waals surface area contributed by atoms with Crippen LogP contribution in [0, 0.1) is 0 Å². The number of piperidine rings is 1. The zero-order valence-corrected chi connectivity index (χ0v) is 15.6. The Bertz CT molecular complexity index is 910. The van der Waals surface area contributed by atoms with Crippen molar-refractivity contribution in [2.24, 2.45) is 5.73 Å². The number of rotatable bonds is 5. The van der Waals surface area contributed by atoms with E-state index in [1.807, 2.05) is 24.2 Å². The molecule has 0 radical (unpaired) electrons. The molecule has 1 fully saturated rings. The fraction of sp³-hybridized carbons (Fsp3) is 0.368. The largest absolute Gasteiger partial charge is 0.366 e. The van der Waals surface area contributed by atoms with Crippen LogP contribution in [-0.2, 0) is 0 Å². The monoisotopic (exact) mass is 369 g/mol. The van der Waals surface area contributed by atoms with Crippen LogP contribution in [-0.4, -0.2) is 44.2 Å². The van der Waals surface area contributed by atoms with Crippen LogP contribution in [0.15, 0.2) is 30.7 Å². The molecule has 1 aliphatic heterocycles. The minimum atomic E-state index is -0.414. The molecular weight excluding hydrogens is 346 g/mol. The number of aromatic nitrogens is 3. The summed E-state index contributed by atoms with van der Waals surface area (Å²) in [5, 5.41) is 7.95. The summed E-state index contributed by atoms with van der Waals surface area (Å²) in [5.41, 5.74) is 10.2. The van der Waals surface area contributed by atoms with E-state index in [4.69, 9.17) is 5.73 Å². The zero-order chi connectivity index (χ0) is 18.1. The maximum absolute atomic E-state index is 12.0. The second-order valence-electron chi connectivity index (χ2n) is 6.66. The first-order valence-electron chi connectivity index (χ1n) is 8.99. The highest BCUT2D eigenvalue weighted by atomic mass is 32.2. The number of hydrogen-bond donors (Lipinski definition) is 3. The lowest BCUT2D eigenvalue weighted by Crippen LogP contribution is -2.27. The van der Waals surface area contributed by atoms with Crippen LogP contribution in [0.1, 0.15) is 41.6 Å². The maximum atomic E-state index is 12.0. The van der Waals surface area contributed by atoms with Gasteiger partial charge in [0.05, 0.1) is 17.3 Å². The normalized spacial score (nSPS) is 16.3. The molecule has 7 heteroatoms. The molecular formula is C19H23N5OS. The number of fused-ring (bicyclic) bond motifs is 1. The van der Waals surface area contributed by atoms with Crippen molar-refractivity contribution in [2.45, 2.75) is 25.7 Å². The fourth-order valence-electron chi connectivity index (χ4n) is 3.84. The van der Waals surface area contributed by atoms with Crippen LogP contribution >= 0.6 is 11.9 Å². The van der Waals surface area contributed by atoms with E-state index in [0.717, 1.165) is 53.7 Å². The third kappa shape index (κ3) is 3.12. The number of nitrogens with two attached hydrogens (primary N) is 1. The number of benzene rings is 1. The third-order valence-corrected chi connectivity index (χ3v) is 6.11. The van der Waals surface area contributed by atoms with Gasteiger partial charge in [0.25, 0.3) is 5.91 Å². The Morgan fingerprint density at radius 1 is 1.31 bits per heavy atom. The Hall–Kier alpha value is -2.25. The Morgan fingerprint density at radius 3 is 2.77 bits per heavy atom. The average Bonchev–Trinajstić information content (AvgIpc) is 3.31. The predicted octanol–water partition coefficient (Wildman–Crippen LogP) is 3.50. The Balaban J connectivity index is 1.74. The summed E-state index contributed by atoms with van der Waals surface area (Å²) >= 11 is 1.92. The molecule has 3 heterocycles. The van der Waals surface area contributed by atoms with Gasteiger partial charge in [-0.25, -0.2) is 0 Å². The summed E-state index contributed by atoms with van der Waals surface area (Å²) in [5.74, 6) is 1.20. The Labute approximate surface area is 156 Å². The summed E-state index contributed by atoms with van der Waals surface area (Å²) in [7, 11) is 0. The molecule has 1 aliphatic rings. The smallest absolute Gasteiger partial charge is 0.250 e. The summed E-state index contributed by atoms with van der Waals surface area (Å²) in [6.45, 7) is 4.39. The summed E-state index contributed by atoms with van der Waals surface area (Å²) in [6.07, 6.45) is 7.91. The van der Waals surface area contributed by atoms with Gasteiger partial charge in [0.1, 0.15) is 0 Å². The Kier molecular flexibility index (Phi) is 4.74. The van der Waals surface area contributed by atoms with E-state index in [0.29, 0.717) is 11.5 Å². The molecule has 0 bridgehead atoms. The van der Waals surface area contributed by atoms with Crippen molar-refractivity contribution in [3.63, 3.8) is 0 Å². The highest BCUT2D eigenvalue weighted by Crippen LogP contribution is 2.37. The molecule has 4 N–H and O–H groups in total. The van der Waals surface area contributed by atoms with Gasteiger partial charge in [-0.3, -0.25) is 14.2 Å². The molecule has 1 aromatic carbocycles. The van der Waals surface area contributed by atoms with E-state index in [1.54, 1.807) is 6.20 Å². The maximum Gasteiger partial charge on any atom is 0.250 e. The molecule has 1 amide bonds. The second-order valence-corrected chi connectivity index (χ2v) is 8.01. The van der Waals surface area contributed by atoms with Crippen molar-refractivity contribution in [2.75, 3.05) is 18.8 Å². The number of H-pyrrole nitrogens is 2. The molecule has 1 saturated heterocycles. The van der Waals surface area contributed by atoms with Crippen LogP contribution in [0.25, 0.3) is 22.0 Å². The molecule has 136 valence electrons. The van der Waals surface area contributed by atoms with E-state index in [-0.39, 0.29) is 0 Å². The first kappa shape index (κ1) is 17.2. The van der Waals surface area contributed by atoms with Crippen LogP contribution in [0.5, 0.6) is 0 Å². The molecule has 0 atom stereocenters. The lowest BCUT2D eigenvalue weighted by atomic mass is 9.88. The number of carbonyl (C=O) groups excluding carboxylic acids is 1. The second kappa shape index (κ2) is 7.17. The Morgan fingerprint density at radius 2 is 2.12 bits per heavy atom. The lowest BCUT2D eigenvalue weighted by Gasteiger charge is -2.30. The topological polar surface area (TPSA) is 90.8 Å². The number of nitrogens with one attached hydrogen (secondary N) is 2. The van der Waals surface area contributed by atoms with Crippen molar-refractivity contribution in [1.82, 2.24) is 19.5 Å². The van der Waals surface area contributed by atoms with Crippen molar-refractivity contribution in [3.8, 4) is 11.1 Å². The zero-order valence-electron chi connectivity index (χ0n) is 14.8. The van der Waals surface area contributed by atoms with Gasteiger partial charge in [0, 0.05) is 42.2 Å². The molecule has 6 nitrogen and oxygen atoms in total. The van der Waals surface area contributed by atoms with E-state index < -0.39 is 5.91 Å². The molecule has 3 aromatic rings. The summed E-state index contributed by atoms with van der Waals surface area (Å²) in [6, 6.07) is 3.99. The van der Waals surface area contributed by atoms with E-state index in [9.17, 15) is 4.79 Å². The van der Waals surface area contributed by atoms with E-state index in [2.05, 4.69) is 38.7 Å². The van der Waals surface area contributed by atoms with Gasteiger partial charge in [0.2, 0.25) is 0 Å². The van der Waals surface area contributed by atoms with Crippen molar-refractivity contribution >= 4 is 28.8 Å². The standard InChI is InChI=1S/C19H23N5OS/c1-2-26-24-5-3-12(4-6-24)17-11-21-18-15(17)7-13(8-16(18)19(20)25)14-9-22-23-10-14/h7-12,21H,2-6H2,1H3,(H2,20,25)(H,22,23). The minimum Gasteiger partial charge on any atom is -0.366 e. The molecule has 2 aromatic heterocycles. The van der Waals surface area contributed by atoms with Crippen LogP contribution in [0.3, 0.4) is 0 Å². The van der Waals surface area contributed by atoms with Crippen LogP contribution in [0.4, 0.5) is 0 Å². The highest BCUT2D eigenvalue weighted by molar-refractivity contribution is 7.96. The van der Waals surface area contributed by atoms with Crippen molar-refractivity contribution in [3.05, 3.63) is 41.9 Å². The van der Waals surface area contributed by atoms with Gasteiger partial charge in [-0.15, -0.1) is 0 Å². The molecule has 0 unspecified atom stereocenters. The van der Waals surface area contributed by atoms with Crippen LogP contribution < -0.4 is 5.73 Å².